The molecule has 0 saturated heterocycles. The van der Waals surface area contributed by atoms with E-state index in [9.17, 15) is 4.79 Å². The molecule has 0 radical (unpaired) electrons. The van der Waals surface area contributed by atoms with Crippen molar-refractivity contribution < 1.29 is 14.1 Å². The molecule has 0 aromatic carbocycles. The highest BCUT2D eigenvalue weighted by Gasteiger charge is 2.19. The van der Waals surface area contributed by atoms with Crippen molar-refractivity contribution in [2.45, 2.75) is 20.8 Å². The fourth-order valence-electron chi connectivity index (χ4n) is 2.08. The maximum Gasteiger partial charge on any atom is 0.340 e. The molecule has 0 amide bonds. The van der Waals surface area contributed by atoms with Crippen LogP contribution in [0, 0.1) is 20.8 Å². The second-order valence-electron chi connectivity index (χ2n) is 4.54. The van der Waals surface area contributed by atoms with Crippen molar-refractivity contribution in [1.29, 1.82) is 0 Å². The number of thioether (sulfide) groups is 1. The smallest absolute Gasteiger partial charge is 0.340 e. The number of aromatic nitrogens is 2. The molecule has 0 spiro atoms. The summed E-state index contributed by atoms with van der Waals surface area (Å²) < 4.78 is 12.2. The van der Waals surface area contributed by atoms with Crippen LogP contribution in [0.4, 0.5) is 0 Å². The zero-order valence-electron chi connectivity index (χ0n) is 12.1. The summed E-state index contributed by atoms with van der Waals surface area (Å²) in [7, 11) is 0. The number of ether oxygens (including phenoxy) is 1. The molecule has 0 unspecified atom stereocenters. The molecule has 0 bridgehead atoms. The zero-order chi connectivity index (χ0) is 14.7. The minimum atomic E-state index is -0.293. The van der Waals surface area contributed by atoms with Gasteiger partial charge in [0.1, 0.15) is 12.4 Å². The van der Waals surface area contributed by atoms with Gasteiger partial charge in [-0.1, -0.05) is 5.16 Å². The predicted molar refractivity (Wildman–Crippen MR) is 78.7 cm³/mol. The standard InChI is InChI=1S/C14H18N2O3S/c1-9-7-12(14(17)18-5-6-20-4)11(3)16(9)13-8-10(2)19-15-13/h7-8H,5-6H2,1-4H3. The van der Waals surface area contributed by atoms with E-state index in [4.69, 9.17) is 9.26 Å². The maximum atomic E-state index is 12.1. The Hall–Kier alpha value is -1.69. The van der Waals surface area contributed by atoms with E-state index in [2.05, 4.69) is 5.16 Å². The van der Waals surface area contributed by atoms with Crippen molar-refractivity contribution in [3.63, 3.8) is 0 Å². The first kappa shape index (κ1) is 14.7. The molecule has 108 valence electrons. The fourth-order valence-corrected chi connectivity index (χ4v) is 2.33. The van der Waals surface area contributed by atoms with Crippen molar-refractivity contribution in [2.75, 3.05) is 18.6 Å². The molecule has 0 fully saturated rings. The molecule has 20 heavy (non-hydrogen) atoms. The number of nitrogens with zero attached hydrogens (tertiary/aromatic N) is 2. The molecule has 2 heterocycles. The van der Waals surface area contributed by atoms with Crippen molar-refractivity contribution in [2.24, 2.45) is 0 Å². The van der Waals surface area contributed by atoms with Gasteiger partial charge in [-0.05, 0) is 33.1 Å². The van der Waals surface area contributed by atoms with Crippen LogP contribution < -0.4 is 0 Å². The van der Waals surface area contributed by atoms with Gasteiger partial charge in [-0.25, -0.2) is 4.79 Å². The third kappa shape index (κ3) is 2.90. The van der Waals surface area contributed by atoms with E-state index < -0.39 is 0 Å². The lowest BCUT2D eigenvalue weighted by Gasteiger charge is -2.05. The van der Waals surface area contributed by atoms with Gasteiger partial charge in [0.25, 0.3) is 0 Å². The number of hydrogen-bond acceptors (Lipinski definition) is 5. The first-order chi connectivity index (χ1) is 9.54. The van der Waals surface area contributed by atoms with E-state index in [1.54, 1.807) is 11.8 Å². The van der Waals surface area contributed by atoms with Gasteiger partial charge in [-0.3, -0.25) is 4.57 Å². The van der Waals surface area contributed by atoms with Crippen LogP contribution in [0.2, 0.25) is 0 Å². The predicted octanol–water partition coefficient (Wildman–Crippen LogP) is 2.91. The van der Waals surface area contributed by atoms with Gasteiger partial charge in [0.2, 0.25) is 0 Å². The largest absolute Gasteiger partial charge is 0.461 e. The normalized spacial score (nSPS) is 10.8. The molecular weight excluding hydrogens is 276 g/mol. The van der Waals surface area contributed by atoms with Crippen LogP contribution in [-0.4, -0.2) is 34.3 Å². The molecule has 2 aromatic heterocycles. The number of carbonyl (C=O) groups is 1. The Balaban J connectivity index is 2.27. The SMILES string of the molecule is CSCCOC(=O)c1cc(C)n(-c2cc(C)on2)c1C. The van der Waals surface area contributed by atoms with E-state index in [-0.39, 0.29) is 5.97 Å². The van der Waals surface area contributed by atoms with Gasteiger partial charge in [0, 0.05) is 23.2 Å². The van der Waals surface area contributed by atoms with Crippen LogP contribution in [0.15, 0.2) is 16.7 Å². The van der Waals surface area contributed by atoms with Crippen molar-refractivity contribution in [3.8, 4) is 5.82 Å². The summed E-state index contributed by atoms with van der Waals surface area (Å²) in [6, 6.07) is 3.66. The van der Waals surface area contributed by atoms with Crippen LogP contribution in [0.5, 0.6) is 0 Å². The minimum Gasteiger partial charge on any atom is -0.461 e. The average Bonchev–Trinajstić information content (AvgIpc) is 2.93. The van der Waals surface area contributed by atoms with E-state index in [1.807, 2.05) is 43.7 Å². The van der Waals surface area contributed by atoms with Crippen LogP contribution in [-0.2, 0) is 4.74 Å². The number of carbonyl (C=O) groups excluding carboxylic acids is 1. The Morgan fingerprint density at radius 1 is 1.40 bits per heavy atom. The molecule has 0 saturated carbocycles. The van der Waals surface area contributed by atoms with E-state index in [0.717, 1.165) is 22.9 Å². The maximum absolute atomic E-state index is 12.1. The van der Waals surface area contributed by atoms with Crippen LogP contribution in [0.1, 0.15) is 27.5 Å². The summed E-state index contributed by atoms with van der Waals surface area (Å²) in [4.78, 5) is 12.1. The first-order valence-electron chi connectivity index (χ1n) is 6.33. The Morgan fingerprint density at radius 3 is 2.75 bits per heavy atom. The van der Waals surface area contributed by atoms with E-state index >= 15 is 0 Å². The topological polar surface area (TPSA) is 57.3 Å². The molecule has 0 aliphatic rings. The summed E-state index contributed by atoms with van der Waals surface area (Å²) in [5.74, 6) is 1.92. The Kier molecular flexibility index (Phi) is 4.54. The van der Waals surface area contributed by atoms with Crippen molar-refractivity contribution >= 4 is 17.7 Å². The second kappa shape index (κ2) is 6.17. The molecule has 0 N–H and O–H groups in total. The van der Waals surface area contributed by atoms with Gasteiger partial charge in [-0.2, -0.15) is 11.8 Å². The highest BCUT2D eigenvalue weighted by atomic mass is 32.2. The van der Waals surface area contributed by atoms with E-state index in [1.165, 1.54) is 0 Å². The van der Waals surface area contributed by atoms with Gasteiger partial charge in [0.05, 0.1) is 5.56 Å². The lowest BCUT2D eigenvalue weighted by Crippen LogP contribution is -2.09. The number of hydrogen-bond donors (Lipinski definition) is 0. The summed E-state index contributed by atoms with van der Waals surface area (Å²) >= 11 is 1.65. The number of aryl methyl sites for hydroxylation is 2. The minimum absolute atomic E-state index is 0.293. The Morgan fingerprint density at radius 2 is 2.15 bits per heavy atom. The van der Waals surface area contributed by atoms with Crippen molar-refractivity contribution in [1.82, 2.24) is 9.72 Å². The third-order valence-corrected chi connectivity index (χ3v) is 3.59. The lowest BCUT2D eigenvalue weighted by atomic mass is 10.2. The quantitative estimate of drug-likeness (QED) is 0.627. The molecule has 0 aliphatic carbocycles. The average molecular weight is 294 g/mol. The van der Waals surface area contributed by atoms with Gasteiger partial charge in [-0.15, -0.1) is 0 Å². The van der Waals surface area contributed by atoms with Gasteiger partial charge >= 0.3 is 5.97 Å². The van der Waals surface area contributed by atoms with Crippen LogP contribution in [0.3, 0.4) is 0 Å². The Labute approximate surface area is 122 Å². The third-order valence-electron chi connectivity index (χ3n) is 3.02. The Bertz CT molecular complexity index is 616. The number of rotatable bonds is 5. The molecular formula is C14H18N2O3S. The fraction of sp³-hybridized carbons (Fsp3) is 0.429. The molecule has 5 nitrogen and oxygen atoms in total. The summed E-state index contributed by atoms with van der Waals surface area (Å²) in [5, 5.41) is 3.99. The molecule has 6 heteroatoms. The summed E-state index contributed by atoms with van der Waals surface area (Å²) in [5.41, 5.74) is 2.31. The monoisotopic (exact) mass is 294 g/mol. The summed E-state index contributed by atoms with van der Waals surface area (Å²) in [6.07, 6.45) is 1.98. The molecule has 2 aromatic rings. The molecule has 0 atom stereocenters. The molecule has 0 aliphatic heterocycles. The van der Waals surface area contributed by atoms with Crippen LogP contribution >= 0.6 is 11.8 Å². The number of esters is 1. The van der Waals surface area contributed by atoms with E-state index in [0.29, 0.717) is 18.0 Å². The summed E-state index contributed by atoms with van der Waals surface area (Å²) in [6.45, 7) is 6.06. The second-order valence-corrected chi connectivity index (χ2v) is 5.53. The zero-order valence-corrected chi connectivity index (χ0v) is 12.9. The van der Waals surface area contributed by atoms with Gasteiger partial charge in [0.15, 0.2) is 5.82 Å². The first-order valence-corrected chi connectivity index (χ1v) is 7.72. The van der Waals surface area contributed by atoms with Gasteiger partial charge < -0.3 is 9.26 Å². The molecule has 2 rings (SSSR count). The highest BCUT2D eigenvalue weighted by molar-refractivity contribution is 7.98. The lowest BCUT2D eigenvalue weighted by molar-refractivity contribution is 0.0529. The van der Waals surface area contributed by atoms with Crippen LogP contribution in [0.25, 0.3) is 5.82 Å². The highest BCUT2D eigenvalue weighted by Crippen LogP contribution is 2.21. The van der Waals surface area contributed by atoms with Crippen molar-refractivity contribution in [3.05, 3.63) is 34.8 Å².